The van der Waals surface area contributed by atoms with Gasteiger partial charge in [-0.1, -0.05) is 20.8 Å². The molecule has 0 aromatic heterocycles. The zero-order valence-electron chi connectivity index (χ0n) is 10.2. The Morgan fingerprint density at radius 2 is 1.93 bits per heavy atom. The molecule has 1 rings (SSSR count). The van der Waals surface area contributed by atoms with Crippen LogP contribution in [0.1, 0.15) is 33.6 Å². The van der Waals surface area contributed by atoms with Gasteiger partial charge in [0.1, 0.15) is 0 Å². The van der Waals surface area contributed by atoms with E-state index in [0.29, 0.717) is 17.2 Å². The van der Waals surface area contributed by atoms with Crippen LogP contribution in [-0.4, -0.2) is 29.8 Å². The van der Waals surface area contributed by atoms with Crippen molar-refractivity contribution in [2.75, 3.05) is 13.6 Å². The smallest absolute Gasteiger partial charge is 0.225 e. The maximum Gasteiger partial charge on any atom is 0.225 e. The van der Waals surface area contributed by atoms with Crippen molar-refractivity contribution in [3.8, 4) is 0 Å². The van der Waals surface area contributed by atoms with E-state index in [4.69, 9.17) is 11.6 Å². The van der Waals surface area contributed by atoms with Crippen molar-refractivity contribution in [1.29, 1.82) is 0 Å². The molecule has 0 aliphatic heterocycles. The van der Waals surface area contributed by atoms with Gasteiger partial charge in [0.05, 0.1) is 0 Å². The number of halogens is 1. The molecule has 0 aromatic carbocycles. The number of hydrogen-bond acceptors (Lipinski definition) is 1. The van der Waals surface area contributed by atoms with Gasteiger partial charge in [0.15, 0.2) is 0 Å². The summed E-state index contributed by atoms with van der Waals surface area (Å²) in [5.41, 5.74) is 0. The van der Waals surface area contributed by atoms with E-state index in [-0.39, 0.29) is 11.8 Å². The average molecular weight is 232 g/mol. The van der Waals surface area contributed by atoms with Crippen LogP contribution >= 0.6 is 11.6 Å². The molecule has 1 amide bonds. The summed E-state index contributed by atoms with van der Waals surface area (Å²) >= 11 is 5.92. The molecular weight excluding hydrogens is 210 g/mol. The topological polar surface area (TPSA) is 20.3 Å². The van der Waals surface area contributed by atoms with Crippen molar-refractivity contribution in [3.05, 3.63) is 0 Å². The molecule has 0 spiro atoms. The third-order valence-corrected chi connectivity index (χ3v) is 3.83. The van der Waals surface area contributed by atoms with Gasteiger partial charge >= 0.3 is 0 Å². The van der Waals surface area contributed by atoms with Gasteiger partial charge in [-0.05, 0) is 24.7 Å². The molecule has 2 nitrogen and oxygen atoms in total. The summed E-state index contributed by atoms with van der Waals surface area (Å²) in [6.07, 6.45) is 2.13. The van der Waals surface area contributed by atoms with Crippen LogP contribution in [0.2, 0.25) is 0 Å². The van der Waals surface area contributed by atoms with Crippen molar-refractivity contribution in [2.24, 2.45) is 17.8 Å². The number of nitrogens with zero attached hydrogens (tertiary/aromatic N) is 1. The monoisotopic (exact) mass is 231 g/mol. The molecule has 1 saturated carbocycles. The highest BCUT2D eigenvalue weighted by atomic mass is 35.5. The highest BCUT2D eigenvalue weighted by Crippen LogP contribution is 2.32. The molecule has 3 heteroatoms. The number of carbonyl (C=O) groups is 1. The minimum atomic E-state index is 0.127. The lowest BCUT2D eigenvalue weighted by Gasteiger charge is -2.35. The Kier molecular flexibility index (Phi) is 4.45. The maximum absolute atomic E-state index is 11.9. The lowest BCUT2D eigenvalue weighted by Crippen LogP contribution is -2.41. The molecule has 0 aromatic rings. The number of carbonyl (C=O) groups excluding carboxylic acids is 1. The van der Waals surface area contributed by atoms with Crippen LogP contribution in [-0.2, 0) is 4.79 Å². The molecule has 1 aliphatic carbocycles. The summed E-state index contributed by atoms with van der Waals surface area (Å²) in [6.45, 7) is 7.07. The van der Waals surface area contributed by atoms with Gasteiger partial charge in [-0.3, -0.25) is 4.79 Å². The summed E-state index contributed by atoms with van der Waals surface area (Å²) in [7, 11) is 1.91. The van der Waals surface area contributed by atoms with Gasteiger partial charge in [0.25, 0.3) is 0 Å². The van der Waals surface area contributed by atoms with Gasteiger partial charge in [0.2, 0.25) is 5.91 Å². The van der Waals surface area contributed by atoms with E-state index in [2.05, 4.69) is 13.8 Å². The Morgan fingerprint density at radius 1 is 1.40 bits per heavy atom. The summed E-state index contributed by atoms with van der Waals surface area (Å²) in [4.78, 5) is 13.8. The molecule has 1 fully saturated rings. The van der Waals surface area contributed by atoms with Crippen LogP contribution in [0.4, 0.5) is 0 Å². The molecular formula is C12H22ClNO. The van der Waals surface area contributed by atoms with Gasteiger partial charge < -0.3 is 4.90 Å². The van der Waals surface area contributed by atoms with E-state index in [1.807, 2.05) is 18.9 Å². The molecule has 1 aliphatic rings. The predicted octanol–water partition coefficient (Wildman–Crippen LogP) is 2.75. The predicted molar refractivity (Wildman–Crippen MR) is 64.0 cm³/mol. The largest absolute Gasteiger partial charge is 0.345 e. The fraction of sp³-hybridized carbons (Fsp3) is 0.917. The Morgan fingerprint density at radius 3 is 2.33 bits per heavy atom. The second-order valence-electron chi connectivity index (χ2n) is 5.19. The normalized spacial score (nSPS) is 27.3. The molecule has 0 bridgehead atoms. The van der Waals surface area contributed by atoms with Gasteiger partial charge in [-0.25, -0.2) is 0 Å². The maximum atomic E-state index is 11.9. The first kappa shape index (κ1) is 12.8. The minimum absolute atomic E-state index is 0.127. The standard InChI is InChI=1S/C12H22ClNO/c1-8(2)9(3)12(15)14(4)7-10-5-11(13)6-10/h8-11H,5-7H2,1-4H3. The van der Waals surface area contributed by atoms with Crippen LogP contribution in [0.5, 0.6) is 0 Å². The highest BCUT2D eigenvalue weighted by Gasteiger charge is 2.30. The first-order valence-electron chi connectivity index (χ1n) is 5.80. The number of rotatable bonds is 4. The zero-order chi connectivity index (χ0) is 11.6. The Balaban J connectivity index is 2.33. The van der Waals surface area contributed by atoms with E-state index in [1.165, 1.54) is 0 Å². The molecule has 0 heterocycles. The van der Waals surface area contributed by atoms with E-state index in [9.17, 15) is 4.79 Å². The van der Waals surface area contributed by atoms with Gasteiger partial charge in [0, 0.05) is 24.9 Å². The van der Waals surface area contributed by atoms with Crippen LogP contribution < -0.4 is 0 Å². The highest BCUT2D eigenvalue weighted by molar-refractivity contribution is 6.21. The van der Waals surface area contributed by atoms with Crippen LogP contribution in [0, 0.1) is 17.8 Å². The van der Waals surface area contributed by atoms with Crippen LogP contribution in [0.15, 0.2) is 0 Å². The minimum Gasteiger partial charge on any atom is -0.345 e. The Bertz CT molecular complexity index is 224. The molecule has 0 radical (unpaired) electrons. The molecule has 0 saturated heterocycles. The SMILES string of the molecule is CC(C)C(C)C(=O)N(C)CC1CC(Cl)C1. The third kappa shape index (κ3) is 3.37. The van der Waals surface area contributed by atoms with Crippen molar-refractivity contribution >= 4 is 17.5 Å². The first-order chi connectivity index (χ1) is 6.91. The van der Waals surface area contributed by atoms with Crippen molar-refractivity contribution in [1.82, 2.24) is 4.90 Å². The zero-order valence-corrected chi connectivity index (χ0v) is 10.9. The van der Waals surface area contributed by atoms with Gasteiger partial charge in [-0.15, -0.1) is 11.6 Å². The van der Waals surface area contributed by atoms with Gasteiger partial charge in [-0.2, -0.15) is 0 Å². The molecule has 1 unspecified atom stereocenters. The van der Waals surface area contributed by atoms with Crippen molar-refractivity contribution < 1.29 is 4.79 Å². The summed E-state index contributed by atoms with van der Waals surface area (Å²) in [5, 5.41) is 0.348. The van der Waals surface area contributed by atoms with E-state index in [1.54, 1.807) is 0 Å². The van der Waals surface area contributed by atoms with Crippen molar-refractivity contribution in [3.63, 3.8) is 0 Å². The fourth-order valence-electron chi connectivity index (χ4n) is 1.91. The molecule has 15 heavy (non-hydrogen) atoms. The summed E-state index contributed by atoms with van der Waals surface area (Å²) in [6, 6.07) is 0. The lowest BCUT2D eigenvalue weighted by molar-refractivity contribution is -0.135. The number of hydrogen-bond donors (Lipinski definition) is 0. The average Bonchev–Trinajstić information content (AvgIpc) is 2.12. The second-order valence-corrected chi connectivity index (χ2v) is 5.80. The van der Waals surface area contributed by atoms with Crippen LogP contribution in [0.25, 0.3) is 0 Å². The van der Waals surface area contributed by atoms with Crippen LogP contribution in [0.3, 0.4) is 0 Å². The number of alkyl halides is 1. The fourth-order valence-corrected chi connectivity index (χ4v) is 2.42. The Labute approximate surface area is 98.0 Å². The first-order valence-corrected chi connectivity index (χ1v) is 6.24. The van der Waals surface area contributed by atoms with E-state index in [0.717, 1.165) is 19.4 Å². The third-order valence-electron chi connectivity index (χ3n) is 3.48. The Hall–Kier alpha value is -0.240. The molecule has 1 atom stereocenters. The number of amides is 1. The molecule has 88 valence electrons. The van der Waals surface area contributed by atoms with Crippen molar-refractivity contribution in [2.45, 2.75) is 39.0 Å². The lowest BCUT2D eigenvalue weighted by atomic mass is 9.84. The quantitative estimate of drug-likeness (QED) is 0.682. The summed E-state index contributed by atoms with van der Waals surface area (Å²) < 4.78 is 0. The van der Waals surface area contributed by atoms with E-state index >= 15 is 0 Å². The summed E-state index contributed by atoms with van der Waals surface area (Å²) in [5.74, 6) is 1.44. The molecule has 0 N–H and O–H groups in total. The van der Waals surface area contributed by atoms with E-state index < -0.39 is 0 Å². The second kappa shape index (κ2) is 5.20.